The van der Waals surface area contributed by atoms with Gasteiger partial charge in [-0.3, -0.25) is 19.3 Å². The average molecular weight is 515 g/mol. The molecule has 3 aromatic carbocycles. The summed E-state index contributed by atoms with van der Waals surface area (Å²) in [6.45, 7) is 1.46. The van der Waals surface area contributed by atoms with E-state index in [4.69, 9.17) is 9.47 Å². The van der Waals surface area contributed by atoms with E-state index in [-0.39, 0.29) is 17.4 Å². The van der Waals surface area contributed by atoms with Crippen molar-refractivity contribution in [1.29, 1.82) is 0 Å². The summed E-state index contributed by atoms with van der Waals surface area (Å²) in [6, 6.07) is 24.8. The Bertz CT molecular complexity index is 1340. The minimum atomic E-state index is -0.469. The fourth-order valence-corrected chi connectivity index (χ4v) is 5.11. The van der Waals surface area contributed by atoms with Crippen LogP contribution in [0.3, 0.4) is 0 Å². The van der Waals surface area contributed by atoms with Crippen molar-refractivity contribution in [3.8, 4) is 11.5 Å². The van der Waals surface area contributed by atoms with Crippen LogP contribution < -0.4 is 9.47 Å². The van der Waals surface area contributed by atoms with Crippen LogP contribution >= 0.6 is 11.8 Å². The molecule has 1 fully saturated rings. The van der Waals surface area contributed by atoms with Crippen LogP contribution in [0.4, 0.5) is 4.79 Å². The van der Waals surface area contributed by atoms with Crippen LogP contribution in [0.15, 0.2) is 83.8 Å². The number of carbonyl (C=O) groups excluding carboxylic acids is 3. The number of carbonyl (C=O) groups is 3. The van der Waals surface area contributed by atoms with Crippen molar-refractivity contribution in [3.63, 3.8) is 0 Å². The number of ether oxygens (including phenoxy) is 2. The van der Waals surface area contributed by atoms with Crippen molar-refractivity contribution >= 4 is 34.9 Å². The van der Waals surface area contributed by atoms with Crippen molar-refractivity contribution < 1.29 is 23.9 Å². The lowest BCUT2D eigenvalue weighted by Crippen LogP contribution is -2.44. The molecule has 0 N–H and O–H groups in total. The molecule has 0 atom stereocenters. The third-order valence-corrected chi connectivity index (χ3v) is 7.12. The van der Waals surface area contributed by atoms with Crippen molar-refractivity contribution in [3.05, 3.63) is 100 Å². The summed E-state index contributed by atoms with van der Waals surface area (Å²) < 4.78 is 11.5. The first kappa shape index (κ1) is 24.6. The van der Waals surface area contributed by atoms with Crippen LogP contribution in [0.2, 0.25) is 0 Å². The summed E-state index contributed by atoms with van der Waals surface area (Å²) in [5.74, 6) is 0.633. The Morgan fingerprint density at radius 3 is 2.41 bits per heavy atom. The number of amides is 3. The Morgan fingerprint density at radius 1 is 0.865 bits per heavy atom. The van der Waals surface area contributed by atoms with E-state index in [0.29, 0.717) is 37.6 Å². The molecule has 188 valence electrons. The topological polar surface area (TPSA) is 76.1 Å². The highest BCUT2D eigenvalue weighted by molar-refractivity contribution is 8.18. The van der Waals surface area contributed by atoms with Crippen molar-refractivity contribution in [1.82, 2.24) is 9.80 Å². The number of imide groups is 1. The number of para-hydroxylation sites is 2. The van der Waals surface area contributed by atoms with Gasteiger partial charge in [-0.25, -0.2) is 0 Å². The maximum Gasteiger partial charge on any atom is 0.294 e. The van der Waals surface area contributed by atoms with Crippen LogP contribution in [0.25, 0.3) is 6.08 Å². The first-order chi connectivity index (χ1) is 18.1. The first-order valence-electron chi connectivity index (χ1n) is 12.1. The zero-order valence-corrected chi connectivity index (χ0v) is 21.0. The molecular formula is C29H26N2O5S. The zero-order valence-electron chi connectivity index (χ0n) is 20.2. The zero-order chi connectivity index (χ0) is 25.6. The molecule has 1 saturated heterocycles. The van der Waals surface area contributed by atoms with Gasteiger partial charge < -0.3 is 14.4 Å². The second kappa shape index (κ2) is 11.3. The van der Waals surface area contributed by atoms with Gasteiger partial charge in [0.25, 0.3) is 11.1 Å². The second-order valence-corrected chi connectivity index (χ2v) is 9.64. The fourth-order valence-electron chi connectivity index (χ4n) is 4.28. The molecule has 8 heteroatoms. The van der Waals surface area contributed by atoms with Gasteiger partial charge in [0.1, 0.15) is 31.3 Å². The first-order valence-corrected chi connectivity index (χ1v) is 12.9. The van der Waals surface area contributed by atoms with E-state index in [1.54, 1.807) is 17.0 Å². The summed E-state index contributed by atoms with van der Waals surface area (Å²) in [4.78, 5) is 41.6. The molecular weight excluding hydrogens is 488 g/mol. The van der Waals surface area contributed by atoms with Gasteiger partial charge in [-0.15, -0.1) is 0 Å². The van der Waals surface area contributed by atoms with Gasteiger partial charge in [-0.2, -0.15) is 0 Å². The highest BCUT2D eigenvalue weighted by Gasteiger charge is 2.37. The molecule has 5 rings (SSSR count). The van der Waals surface area contributed by atoms with Gasteiger partial charge in [0, 0.05) is 18.7 Å². The molecule has 2 aliphatic rings. The average Bonchev–Trinajstić information content (AvgIpc) is 3.19. The Hall–Kier alpha value is -4.04. The van der Waals surface area contributed by atoms with Gasteiger partial charge in [0.15, 0.2) is 0 Å². The van der Waals surface area contributed by atoms with Gasteiger partial charge in [0.2, 0.25) is 5.91 Å². The number of hydrogen-bond acceptors (Lipinski definition) is 6. The molecule has 37 heavy (non-hydrogen) atoms. The molecule has 0 bridgehead atoms. The predicted molar refractivity (Wildman–Crippen MR) is 142 cm³/mol. The maximum atomic E-state index is 13.0. The number of benzene rings is 3. The highest BCUT2D eigenvalue weighted by atomic mass is 32.2. The minimum absolute atomic E-state index is 0.236. The van der Waals surface area contributed by atoms with Crippen molar-refractivity contribution in [2.24, 2.45) is 0 Å². The molecule has 2 heterocycles. The number of nitrogens with zero attached hydrogens (tertiary/aromatic N) is 2. The molecule has 3 aromatic rings. The Morgan fingerprint density at radius 2 is 1.57 bits per heavy atom. The largest absolute Gasteiger partial charge is 0.490 e. The molecule has 0 radical (unpaired) electrons. The lowest BCUT2D eigenvalue weighted by atomic mass is 10.00. The van der Waals surface area contributed by atoms with Crippen LogP contribution in [-0.2, 0) is 22.6 Å². The number of rotatable bonds is 8. The summed E-state index contributed by atoms with van der Waals surface area (Å²) in [5, 5.41) is -0.448. The second-order valence-electron chi connectivity index (χ2n) is 8.65. The lowest BCUT2D eigenvalue weighted by molar-refractivity contribution is -0.136. The molecule has 7 nitrogen and oxygen atoms in total. The van der Waals surface area contributed by atoms with E-state index < -0.39 is 11.1 Å². The van der Waals surface area contributed by atoms with E-state index in [1.807, 2.05) is 66.7 Å². The SMILES string of the molecule is O=C(CN1C(=O)S/C(=C/c2ccccc2OCCOc2ccccc2)C1=O)N1CCc2ccccc2C1. The molecule has 0 unspecified atom stereocenters. The van der Waals surface area contributed by atoms with Crippen LogP contribution in [-0.4, -0.2) is 53.2 Å². The number of fused-ring (bicyclic) bond motifs is 1. The summed E-state index contributed by atoms with van der Waals surface area (Å²) in [6.07, 6.45) is 2.40. The summed E-state index contributed by atoms with van der Waals surface area (Å²) in [7, 11) is 0. The molecule has 2 aliphatic heterocycles. The molecule has 3 amide bonds. The summed E-state index contributed by atoms with van der Waals surface area (Å²) in [5.41, 5.74) is 3.00. The Balaban J connectivity index is 1.21. The summed E-state index contributed by atoms with van der Waals surface area (Å²) >= 11 is 0.836. The van der Waals surface area contributed by atoms with E-state index >= 15 is 0 Å². The normalized spacial score (nSPS) is 16.2. The maximum absolute atomic E-state index is 13.0. The van der Waals surface area contributed by atoms with Gasteiger partial charge in [0.05, 0.1) is 4.91 Å². The van der Waals surface area contributed by atoms with Crippen LogP contribution in [0, 0.1) is 0 Å². The van der Waals surface area contributed by atoms with E-state index in [0.717, 1.165) is 34.4 Å². The van der Waals surface area contributed by atoms with Crippen LogP contribution in [0.1, 0.15) is 16.7 Å². The third kappa shape index (κ3) is 5.86. The predicted octanol–water partition coefficient (Wildman–Crippen LogP) is 4.77. The van der Waals surface area contributed by atoms with E-state index in [1.165, 1.54) is 5.56 Å². The number of hydrogen-bond donors (Lipinski definition) is 0. The Kier molecular flexibility index (Phi) is 7.56. The molecule has 0 saturated carbocycles. The lowest BCUT2D eigenvalue weighted by Gasteiger charge is -2.29. The number of thioether (sulfide) groups is 1. The Labute approximate surface area is 219 Å². The third-order valence-electron chi connectivity index (χ3n) is 6.21. The molecule has 0 aliphatic carbocycles. The van der Waals surface area contributed by atoms with Gasteiger partial charge in [-0.1, -0.05) is 60.7 Å². The van der Waals surface area contributed by atoms with E-state index in [9.17, 15) is 14.4 Å². The van der Waals surface area contributed by atoms with E-state index in [2.05, 4.69) is 6.07 Å². The monoisotopic (exact) mass is 514 g/mol. The minimum Gasteiger partial charge on any atom is -0.490 e. The van der Waals surface area contributed by atoms with Gasteiger partial charge >= 0.3 is 0 Å². The van der Waals surface area contributed by atoms with Crippen molar-refractivity contribution in [2.75, 3.05) is 26.3 Å². The van der Waals surface area contributed by atoms with Crippen molar-refractivity contribution in [2.45, 2.75) is 13.0 Å². The molecule has 0 spiro atoms. The fraction of sp³-hybridized carbons (Fsp3) is 0.207. The quantitative estimate of drug-likeness (QED) is 0.319. The smallest absolute Gasteiger partial charge is 0.294 e. The van der Waals surface area contributed by atoms with Gasteiger partial charge in [-0.05, 0) is 53.6 Å². The standard InChI is InChI=1S/C29H26N2O5S/c32-27(30-15-14-21-8-4-5-10-23(21)19-30)20-31-28(33)26(37-29(31)34)18-22-9-6-7-13-25(22)36-17-16-35-24-11-2-1-3-12-24/h1-13,18H,14-17,19-20H2/b26-18+. The molecule has 0 aromatic heterocycles. The van der Waals surface area contributed by atoms with Crippen LogP contribution in [0.5, 0.6) is 11.5 Å². The highest BCUT2D eigenvalue weighted by Crippen LogP contribution is 2.34.